The van der Waals surface area contributed by atoms with Crippen molar-refractivity contribution in [2.75, 3.05) is 11.9 Å². The zero-order chi connectivity index (χ0) is 16.5. The summed E-state index contributed by atoms with van der Waals surface area (Å²) in [5.74, 6) is 1.84. The van der Waals surface area contributed by atoms with Crippen molar-refractivity contribution >= 4 is 27.4 Å². The monoisotopic (exact) mass is 343 g/mol. The number of imidazole rings is 1. The largest absolute Gasteiger partial charge is 0.372 e. The maximum atomic E-state index is 5.96. The highest BCUT2D eigenvalue weighted by Crippen LogP contribution is 2.31. The third-order valence-corrected chi connectivity index (χ3v) is 5.30. The lowest BCUT2D eigenvalue weighted by atomic mass is 10.0. The van der Waals surface area contributed by atoms with Gasteiger partial charge in [0.25, 0.3) is 0 Å². The summed E-state index contributed by atoms with van der Waals surface area (Å²) in [5, 5.41) is 6.83. The average molecular weight is 343 g/mol. The molecule has 0 saturated carbocycles. The summed E-state index contributed by atoms with van der Waals surface area (Å²) in [6, 6.07) is 2.43. The minimum atomic E-state index is 0.0780. The highest BCUT2D eigenvalue weighted by Gasteiger charge is 2.26. The first kappa shape index (κ1) is 15.5. The minimum Gasteiger partial charge on any atom is -0.372 e. The quantitative estimate of drug-likeness (QED) is 0.787. The van der Waals surface area contributed by atoms with Gasteiger partial charge in [0.2, 0.25) is 0 Å². The molecule has 3 aromatic heterocycles. The first-order valence-electron chi connectivity index (χ1n) is 8.33. The summed E-state index contributed by atoms with van der Waals surface area (Å²) in [4.78, 5) is 14.6. The van der Waals surface area contributed by atoms with Gasteiger partial charge < -0.3 is 14.6 Å². The van der Waals surface area contributed by atoms with Crippen LogP contribution in [0.25, 0.3) is 10.2 Å². The van der Waals surface area contributed by atoms with Crippen LogP contribution < -0.4 is 5.32 Å². The van der Waals surface area contributed by atoms with Crippen LogP contribution in [-0.4, -0.2) is 32.2 Å². The van der Waals surface area contributed by atoms with Gasteiger partial charge >= 0.3 is 0 Å². The molecule has 4 heterocycles. The van der Waals surface area contributed by atoms with E-state index in [1.165, 1.54) is 0 Å². The Hall–Kier alpha value is -1.99. The van der Waals surface area contributed by atoms with Gasteiger partial charge in [0, 0.05) is 26.1 Å². The van der Waals surface area contributed by atoms with Crippen molar-refractivity contribution in [2.24, 2.45) is 7.05 Å². The van der Waals surface area contributed by atoms with Crippen LogP contribution in [0.1, 0.15) is 37.4 Å². The molecule has 1 N–H and O–H groups in total. The van der Waals surface area contributed by atoms with Crippen molar-refractivity contribution in [3.8, 4) is 0 Å². The second-order valence-electron chi connectivity index (χ2n) is 6.14. The lowest BCUT2D eigenvalue weighted by Crippen LogP contribution is -2.31. The van der Waals surface area contributed by atoms with Gasteiger partial charge in [-0.2, -0.15) is 0 Å². The number of nitrogens with one attached hydrogen (secondary N) is 1. The third-order valence-electron chi connectivity index (χ3n) is 4.50. The Kier molecular flexibility index (Phi) is 4.20. The molecule has 1 fully saturated rings. The third kappa shape index (κ3) is 2.89. The van der Waals surface area contributed by atoms with Gasteiger partial charge in [-0.25, -0.2) is 15.0 Å². The topological polar surface area (TPSA) is 64.9 Å². The summed E-state index contributed by atoms with van der Waals surface area (Å²) in [7, 11) is 2.01. The van der Waals surface area contributed by atoms with Crippen molar-refractivity contribution in [1.82, 2.24) is 19.5 Å². The fraction of sp³-hybridized carbons (Fsp3) is 0.471. The molecule has 2 atom stereocenters. The van der Waals surface area contributed by atoms with Gasteiger partial charge in [0.15, 0.2) is 0 Å². The second kappa shape index (κ2) is 6.49. The minimum absolute atomic E-state index is 0.0780. The van der Waals surface area contributed by atoms with E-state index in [9.17, 15) is 0 Å². The first-order valence-corrected chi connectivity index (χ1v) is 9.21. The lowest BCUT2D eigenvalue weighted by Gasteiger charge is -2.30. The molecule has 1 aliphatic heterocycles. The Morgan fingerprint density at radius 3 is 3.12 bits per heavy atom. The van der Waals surface area contributed by atoms with E-state index in [1.54, 1.807) is 11.3 Å². The molecule has 0 spiro atoms. The summed E-state index contributed by atoms with van der Waals surface area (Å²) in [5.41, 5.74) is 1.12. The van der Waals surface area contributed by atoms with Crippen LogP contribution in [-0.2, 0) is 18.2 Å². The van der Waals surface area contributed by atoms with Crippen LogP contribution in [0.4, 0.5) is 5.82 Å². The Labute approximate surface area is 144 Å². The molecule has 4 rings (SSSR count). The molecule has 0 radical (unpaired) electrons. The maximum Gasteiger partial charge on any atom is 0.138 e. The molecule has 0 aromatic carbocycles. The van der Waals surface area contributed by atoms with Crippen LogP contribution in [0.3, 0.4) is 0 Å². The summed E-state index contributed by atoms with van der Waals surface area (Å²) < 4.78 is 7.99. The summed E-state index contributed by atoms with van der Waals surface area (Å²) >= 11 is 1.67. The first-order chi connectivity index (χ1) is 11.7. The SMILES string of the molecule is CCc1nc(N[C@H]2CCO[C@@H](c3cncn3C)C2)c2ccsc2n1. The highest BCUT2D eigenvalue weighted by molar-refractivity contribution is 7.16. The van der Waals surface area contributed by atoms with Gasteiger partial charge in [0.05, 0.1) is 23.6 Å². The molecule has 6 nitrogen and oxygen atoms in total. The van der Waals surface area contributed by atoms with Crippen LogP contribution in [0.5, 0.6) is 0 Å². The normalized spacial score (nSPS) is 21.2. The summed E-state index contributed by atoms with van der Waals surface area (Å²) in [6.07, 6.45) is 6.52. The van der Waals surface area contributed by atoms with Crippen LogP contribution in [0.2, 0.25) is 0 Å². The zero-order valence-electron chi connectivity index (χ0n) is 13.9. The predicted octanol–water partition coefficient (Wildman–Crippen LogP) is 3.32. The number of nitrogens with zero attached hydrogens (tertiary/aromatic N) is 4. The molecule has 1 aliphatic rings. The number of fused-ring (bicyclic) bond motifs is 1. The number of ether oxygens (including phenoxy) is 1. The number of aromatic nitrogens is 4. The second-order valence-corrected chi connectivity index (χ2v) is 7.03. The number of thiophene rings is 1. The van der Waals surface area contributed by atoms with Crippen molar-refractivity contribution in [3.05, 3.63) is 35.5 Å². The van der Waals surface area contributed by atoms with E-state index in [2.05, 4.69) is 33.7 Å². The smallest absolute Gasteiger partial charge is 0.138 e. The number of hydrogen-bond donors (Lipinski definition) is 1. The van der Waals surface area contributed by atoms with Crippen molar-refractivity contribution in [1.29, 1.82) is 0 Å². The van der Waals surface area contributed by atoms with Crippen LogP contribution in [0, 0.1) is 0 Å². The van der Waals surface area contributed by atoms with Crippen molar-refractivity contribution in [3.63, 3.8) is 0 Å². The molecule has 0 aliphatic carbocycles. The number of aryl methyl sites for hydroxylation is 2. The number of rotatable bonds is 4. The van der Waals surface area contributed by atoms with Gasteiger partial charge in [-0.05, 0) is 24.3 Å². The molecular weight excluding hydrogens is 322 g/mol. The molecule has 0 bridgehead atoms. The van der Waals surface area contributed by atoms with E-state index in [0.717, 1.165) is 53.4 Å². The summed E-state index contributed by atoms with van der Waals surface area (Å²) in [6.45, 7) is 2.83. The van der Waals surface area contributed by atoms with Crippen LogP contribution in [0.15, 0.2) is 24.0 Å². The van der Waals surface area contributed by atoms with Crippen molar-refractivity contribution in [2.45, 2.75) is 38.3 Å². The molecule has 126 valence electrons. The van der Waals surface area contributed by atoms with Crippen LogP contribution >= 0.6 is 11.3 Å². The Morgan fingerprint density at radius 2 is 2.33 bits per heavy atom. The molecule has 0 amide bonds. The molecular formula is C17H21N5OS. The maximum absolute atomic E-state index is 5.96. The molecule has 7 heteroatoms. The van der Waals surface area contributed by atoms with E-state index in [-0.39, 0.29) is 6.10 Å². The van der Waals surface area contributed by atoms with E-state index < -0.39 is 0 Å². The van der Waals surface area contributed by atoms with Gasteiger partial charge in [-0.15, -0.1) is 11.3 Å². The highest BCUT2D eigenvalue weighted by atomic mass is 32.1. The fourth-order valence-electron chi connectivity index (χ4n) is 3.17. The van der Waals surface area contributed by atoms with Gasteiger partial charge in [-0.1, -0.05) is 6.92 Å². The lowest BCUT2D eigenvalue weighted by molar-refractivity contribution is 0.00556. The van der Waals surface area contributed by atoms with E-state index >= 15 is 0 Å². The molecule has 1 saturated heterocycles. The Balaban J connectivity index is 1.57. The average Bonchev–Trinajstić information content (AvgIpc) is 3.23. The van der Waals surface area contributed by atoms with Gasteiger partial charge in [0.1, 0.15) is 22.6 Å². The number of hydrogen-bond acceptors (Lipinski definition) is 6. The molecule has 24 heavy (non-hydrogen) atoms. The van der Waals surface area contributed by atoms with Gasteiger partial charge in [-0.3, -0.25) is 0 Å². The standard InChI is InChI=1S/C17H21N5OS/c1-3-15-20-16(12-5-7-24-17(12)21-15)19-11-4-6-23-14(8-11)13-9-18-10-22(13)2/h5,7,9-11,14H,3-4,6,8H2,1-2H3,(H,19,20,21)/t11-,14+/m0/s1. The van der Waals surface area contributed by atoms with E-state index in [1.807, 2.05) is 24.1 Å². The number of anilines is 1. The predicted molar refractivity (Wildman–Crippen MR) is 95.3 cm³/mol. The van der Waals surface area contributed by atoms with E-state index in [0.29, 0.717) is 6.04 Å². The zero-order valence-corrected chi connectivity index (χ0v) is 14.7. The van der Waals surface area contributed by atoms with E-state index in [4.69, 9.17) is 9.72 Å². The Bertz CT molecular complexity index is 842. The molecule has 0 unspecified atom stereocenters. The Morgan fingerprint density at radius 1 is 1.42 bits per heavy atom. The fourth-order valence-corrected chi connectivity index (χ4v) is 3.96. The van der Waals surface area contributed by atoms with Crippen molar-refractivity contribution < 1.29 is 4.74 Å². The molecule has 3 aromatic rings.